The maximum Gasteiger partial charge on any atom is 0.392 e. The van der Waals surface area contributed by atoms with E-state index in [1.807, 2.05) is 6.92 Å². The largest absolute Gasteiger partial charge is 0.493 e. The third-order valence-electron chi connectivity index (χ3n) is 2.94. The van der Waals surface area contributed by atoms with Crippen LogP contribution in [0, 0.1) is 0 Å². The van der Waals surface area contributed by atoms with Crippen LogP contribution < -0.4 is 15.2 Å². The van der Waals surface area contributed by atoms with Crippen LogP contribution >= 0.6 is 15.9 Å². The van der Waals surface area contributed by atoms with Crippen molar-refractivity contribution in [1.29, 1.82) is 0 Å². The highest BCUT2D eigenvalue weighted by molar-refractivity contribution is 9.10. The van der Waals surface area contributed by atoms with Crippen molar-refractivity contribution in [2.45, 2.75) is 38.4 Å². The molecule has 0 aromatic heterocycles. The zero-order valence-corrected chi connectivity index (χ0v) is 13.6. The Bertz CT molecular complexity index is 466. The van der Waals surface area contributed by atoms with Crippen molar-refractivity contribution < 1.29 is 22.6 Å². The highest BCUT2D eigenvalue weighted by Gasteiger charge is 2.27. The van der Waals surface area contributed by atoms with Gasteiger partial charge in [0.2, 0.25) is 0 Å². The van der Waals surface area contributed by atoms with Crippen molar-refractivity contribution >= 4 is 15.9 Å². The first kappa shape index (κ1) is 18.1. The molecule has 1 aromatic rings. The molecule has 0 saturated heterocycles. The average molecular weight is 370 g/mol. The van der Waals surface area contributed by atoms with Gasteiger partial charge in [0.15, 0.2) is 11.5 Å². The molecule has 0 saturated carbocycles. The molecule has 1 aromatic carbocycles. The molecule has 120 valence electrons. The summed E-state index contributed by atoms with van der Waals surface area (Å²) in [5.41, 5.74) is 6.84. The molecule has 21 heavy (non-hydrogen) atoms. The molecule has 0 aliphatic rings. The third-order valence-corrected chi connectivity index (χ3v) is 3.53. The fourth-order valence-electron chi connectivity index (χ4n) is 1.75. The van der Waals surface area contributed by atoms with Gasteiger partial charge in [0.1, 0.15) is 0 Å². The van der Waals surface area contributed by atoms with Crippen LogP contribution in [0.15, 0.2) is 16.6 Å². The number of hydrogen-bond acceptors (Lipinski definition) is 3. The van der Waals surface area contributed by atoms with Gasteiger partial charge in [-0.1, -0.05) is 6.92 Å². The van der Waals surface area contributed by atoms with Gasteiger partial charge >= 0.3 is 6.18 Å². The Balaban J connectivity index is 2.84. The normalized spacial score (nSPS) is 13.1. The molecule has 1 atom stereocenters. The SMILES string of the molecule is CCC(N)Cc1cc(Br)c(OCCC(F)(F)F)c(OC)c1. The molecule has 7 heteroatoms. The van der Waals surface area contributed by atoms with Crippen molar-refractivity contribution in [3.05, 3.63) is 22.2 Å². The average Bonchev–Trinajstić information content (AvgIpc) is 2.39. The quantitative estimate of drug-likeness (QED) is 0.787. The summed E-state index contributed by atoms with van der Waals surface area (Å²) < 4.78 is 47.4. The fraction of sp³-hybridized carbons (Fsp3) is 0.571. The first-order valence-corrected chi connectivity index (χ1v) is 7.37. The number of halogens is 4. The molecule has 2 N–H and O–H groups in total. The summed E-state index contributed by atoms with van der Waals surface area (Å²) in [4.78, 5) is 0. The summed E-state index contributed by atoms with van der Waals surface area (Å²) >= 11 is 3.30. The van der Waals surface area contributed by atoms with E-state index in [1.54, 1.807) is 12.1 Å². The van der Waals surface area contributed by atoms with Crippen LogP contribution in [0.4, 0.5) is 13.2 Å². The maximum absolute atomic E-state index is 12.2. The van der Waals surface area contributed by atoms with Gasteiger partial charge in [-0.05, 0) is 46.5 Å². The lowest BCUT2D eigenvalue weighted by molar-refractivity contribution is -0.139. The molecule has 1 unspecified atom stereocenters. The molecule has 0 aliphatic carbocycles. The van der Waals surface area contributed by atoms with Gasteiger partial charge in [0.25, 0.3) is 0 Å². The van der Waals surface area contributed by atoms with Gasteiger partial charge < -0.3 is 15.2 Å². The summed E-state index contributed by atoms with van der Waals surface area (Å²) in [6.45, 7) is 1.54. The highest BCUT2D eigenvalue weighted by atomic mass is 79.9. The lowest BCUT2D eigenvalue weighted by Crippen LogP contribution is -2.21. The summed E-state index contributed by atoms with van der Waals surface area (Å²) in [5, 5.41) is 0. The van der Waals surface area contributed by atoms with E-state index in [4.69, 9.17) is 15.2 Å². The topological polar surface area (TPSA) is 44.5 Å². The molecular weight excluding hydrogens is 351 g/mol. The minimum atomic E-state index is -4.24. The molecule has 0 heterocycles. The second-order valence-corrected chi connectivity index (χ2v) is 5.55. The number of ether oxygens (including phenoxy) is 2. The Kier molecular flexibility index (Phi) is 6.80. The predicted molar refractivity (Wildman–Crippen MR) is 78.8 cm³/mol. The number of rotatable bonds is 7. The van der Waals surface area contributed by atoms with Crippen molar-refractivity contribution in [2.75, 3.05) is 13.7 Å². The van der Waals surface area contributed by atoms with Gasteiger partial charge in [-0.2, -0.15) is 13.2 Å². The van der Waals surface area contributed by atoms with Crippen LogP contribution in [0.1, 0.15) is 25.3 Å². The Morgan fingerprint density at radius 3 is 2.52 bits per heavy atom. The van der Waals surface area contributed by atoms with Crippen molar-refractivity contribution in [1.82, 2.24) is 0 Å². The molecule has 0 spiro atoms. The molecule has 0 radical (unpaired) electrons. The number of alkyl halides is 3. The van der Waals surface area contributed by atoms with E-state index in [1.165, 1.54) is 7.11 Å². The van der Waals surface area contributed by atoms with Crippen LogP contribution in [0.2, 0.25) is 0 Å². The van der Waals surface area contributed by atoms with Crippen LogP contribution in [-0.2, 0) is 6.42 Å². The molecule has 0 amide bonds. The van der Waals surface area contributed by atoms with Crippen LogP contribution in [0.3, 0.4) is 0 Å². The maximum atomic E-state index is 12.2. The third kappa shape index (κ3) is 6.13. The Morgan fingerprint density at radius 2 is 2.00 bits per heavy atom. The molecular formula is C14H19BrF3NO2. The van der Waals surface area contributed by atoms with Crippen LogP contribution in [0.25, 0.3) is 0 Å². The van der Waals surface area contributed by atoms with E-state index < -0.39 is 19.2 Å². The minimum absolute atomic E-state index is 0.0265. The predicted octanol–water partition coefficient (Wildman–Crippen LogP) is 4.07. The van der Waals surface area contributed by atoms with E-state index in [0.717, 1.165) is 12.0 Å². The zero-order valence-electron chi connectivity index (χ0n) is 12.0. The Labute approximate surface area is 130 Å². The molecule has 0 fully saturated rings. The molecule has 1 rings (SSSR count). The van der Waals surface area contributed by atoms with Crippen molar-refractivity contribution in [2.24, 2.45) is 5.73 Å². The van der Waals surface area contributed by atoms with Crippen molar-refractivity contribution in [3.8, 4) is 11.5 Å². The summed E-state index contributed by atoms with van der Waals surface area (Å²) in [5.74, 6) is 0.667. The van der Waals surface area contributed by atoms with Crippen LogP contribution in [-0.4, -0.2) is 25.9 Å². The van der Waals surface area contributed by atoms with E-state index in [0.29, 0.717) is 16.6 Å². The number of methoxy groups -OCH3 is 1. The first-order valence-electron chi connectivity index (χ1n) is 6.58. The molecule has 3 nitrogen and oxygen atoms in total. The lowest BCUT2D eigenvalue weighted by atomic mass is 10.0. The number of hydrogen-bond donors (Lipinski definition) is 1. The van der Waals surface area contributed by atoms with E-state index >= 15 is 0 Å². The van der Waals surface area contributed by atoms with Crippen LogP contribution in [0.5, 0.6) is 11.5 Å². The van der Waals surface area contributed by atoms with Gasteiger partial charge in [0.05, 0.1) is 24.6 Å². The minimum Gasteiger partial charge on any atom is -0.493 e. The van der Waals surface area contributed by atoms with E-state index in [9.17, 15) is 13.2 Å². The summed E-state index contributed by atoms with van der Waals surface area (Å²) in [7, 11) is 1.45. The first-order chi connectivity index (χ1) is 9.76. The number of benzene rings is 1. The zero-order chi connectivity index (χ0) is 16.0. The summed E-state index contributed by atoms with van der Waals surface area (Å²) in [6.07, 6.45) is -3.75. The smallest absolute Gasteiger partial charge is 0.392 e. The Hall–Kier alpha value is -0.950. The standard InChI is InChI=1S/C14H19BrF3NO2/c1-3-10(19)6-9-7-11(15)13(12(8-9)20-2)21-5-4-14(16,17)18/h7-8,10H,3-6,19H2,1-2H3. The number of nitrogens with two attached hydrogens (primary N) is 1. The molecule has 0 aliphatic heterocycles. The molecule has 0 bridgehead atoms. The second kappa shape index (κ2) is 7.89. The lowest BCUT2D eigenvalue weighted by Gasteiger charge is -2.16. The van der Waals surface area contributed by atoms with Gasteiger partial charge in [-0.15, -0.1) is 0 Å². The van der Waals surface area contributed by atoms with E-state index in [2.05, 4.69) is 15.9 Å². The van der Waals surface area contributed by atoms with Gasteiger partial charge in [0, 0.05) is 6.04 Å². The Morgan fingerprint density at radius 1 is 1.33 bits per heavy atom. The van der Waals surface area contributed by atoms with E-state index in [-0.39, 0.29) is 11.8 Å². The summed E-state index contributed by atoms with van der Waals surface area (Å²) in [6, 6.07) is 3.56. The fourth-order valence-corrected chi connectivity index (χ4v) is 2.35. The van der Waals surface area contributed by atoms with Crippen molar-refractivity contribution in [3.63, 3.8) is 0 Å². The van der Waals surface area contributed by atoms with Gasteiger partial charge in [-0.3, -0.25) is 0 Å². The second-order valence-electron chi connectivity index (χ2n) is 4.70. The van der Waals surface area contributed by atoms with Gasteiger partial charge in [-0.25, -0.2) is 0 Å². The highest BCUT2D eigenvalue weighted by Crippen LogP contribution is 2.37. The monoisotopic (exact) mass is 369 g/mol.